The van der Waals surface area contributed by atoms with Gasteiger partial charge in [-0.25, -0.2) is 0 Å². The number of piperidine rings is 1. The van der Waals surface area contributed by atoms with E-state index in [2.05, 4.69) is 39.5 Å². The van der Waals surface area contributed by atoms with E-state index in [0.717, 1.165) is 25.9 Å². The normalized spacial score (nSPS) is 19.6. The van der Waals surface area contributed by atoms with Crippen LogP contribution in [0.25, 0.3) is 0 Å². The number of methoxy groups -OCH3 is 1. The van der Waals surface area contributed by atoms with Crippen LogP contribution < -0.4 is 10.1 Å². The Labute approximate surface area is 170 Å². The highest BCUT2D eigenvalue weighted by Crippen LogP contribution is 2.28. The number of rotatable bonds is 5. The van der Waals surface area contributed by atoms with Crippen molar-refractivity contribution in [3.63, 3.8) is 0 Å². The third kappa shape index (κ3) is 4.16. The fourth-order valence-electron chi connectivity index (χ4n) is 4.05. The maximum absolute atomic E-state index is 12.7. The summed E-state index contributed by atoms with van der Waals surface area (Å²) in [6.07, 6.45) is 2.10. The molecule has 6 heteroatoms. The monoisotopic (exact) mass is 391 g/mol. The molecule has 2 aliphatic rings. The minimum Gasteiger partial charge on any atom is -0.496 e. The zero-order valence-corrected chi connectivity index (χ0v) is 16.5. The highest BCUT2D eigenvalue weighted by molar-refractivity contribution is 6.07. The fourth-order valence-corrected chi connectivity index (χ4v) is 4.05. The molecule has 1 fully saturated rings. The highest BCUT2D eigenvalue weighted by atomic mass is 16.5. The average molecular weight is 391 g/mol. The van der Waals surface area contributed by atoms with E-state index < -0.39 is 6.04 Å². The number of nitrogens with zero attached hydrogens (tertiary/aromatic N) is 2. The van der Waals surface area contributed by atoms with Gasteiger partial charge in [-0.05, 0) is 36.5 Å². The fraction of sp³-hybridized carbons (Fsp3) is 0.348. The van der Waals surface area contributed by atoms with Gasteiger partial charge in [-0.15, -0.1) is 0 Å². The van der Waals surface area contributed by atoms with Crippen LogP contribution in [0.3, 0.4) is 0 Å². The predicted molar refractivity (Wildman–Crippen MR) is 111 cm³/mol. The third-order valence-corrected chi connectivity index (χ3v) is 5.68. The molecule has 1 unspecified atom stereocenters. The van der Waals surface area contributed by atoms with E-state index in [9.17, 15) is 9.59 Å². The lowest BCUT2D eigenvalue weighted by Gasteiger charge is -2.33. The lowest BCUT2D eigenvalue weighted by Crippen LogP contribution is -2.46. The van der Waals surface area contributed by atoms with Gasteiger partial charge in [-0.3, -0.25) is 9.59 Å². The number of carbonyl (C=O) groups is 2. The summed E-state index contributed by atoms with van der Waals surface area (Å²) in [7, 11) is 1.53. The first-order valence-corrected chi connectivity index (χ1v) is 10.0. The van der Waals surface area contributed by atoms with Gasteiger partial charge in [0.1, 0.15) is 11.8 Å². The molecule has 0 aromatic heterocycles. The molecule has 0 saturated carbocycles. The summed E-state index contributed by atoms with van der Waals surface area (Å²) in [6, 6.07) is 17.0. The first-order chi connectivity index (χ1) is 14.2. The van der Waals surface area contributed by atoms with Gasteiger partial charge in [0.2, 0.25) is 5.96 Å². The summed E-state index contributed by atoms with van der Waals surface area (Å²) >= 11 is 0. The number of guanidine groups is 1. The summed E-state index contributed by atoms with van der Waals surface area (Å²) in [5, 5.41) is 3.17. The Hall–Kier alpha value is -3.15. The van der Waals surface area contributed by atoms with Crippen molar-refractivity contribution in [2.75, 3.05) is 20.2 Å². The van der Waals surface area contributed by atoms with Crippen molar-refractivity contribution in [1.82, 2.24) is 10.2 Å². The molecular weight excluding hydrogens is 366 g/mol. The molecule has 6 nitrogen and oxygen atoms in total. The van der Waals surface area contributed by atoms with E-state index in [1.165, 1.54) is 12.7 Å². The molecule has 2 heterocycles. The molecule has 4 rings (SSSR count). The number of hydrogen-bond acceptors (Lipinski definition) is 5. The summed E-state index contributed by atoms with van der Waals surface area (Å²) in [5.41, 5.74) is 1.85. The first kappa shape index (κ1) is 19.2. The van der Waals surface area contributed by atoms with Gasteiger partial charge in [-0.2, -0.15) is 4.99 Å². The van der Waals surface area contributed by atoms with Crippen molar-refractivity contribution >= 4 is 17.6 Å². The Kier molecular flexibility index (Phi) is 5.60. The van der Waals surface area contributed by atoms with Gasteiger partial charge in [0.15, 0.2) is 5.78 Å². The lowest BCUT2D eigenvalue weighted by molar-refractivity contribution is -0.118. The molecule has 1 N–H and O–H groups in total. The number of aliphatic imine (C=N–C) groups is 1. The molecule has 29 heavy (non-hydrogen) atoms. The van der Waals surface area contributed by atoms with Crippen molar-refractivity contribution in [3.8, 4) is 5.75 Å². The van der Waals surface area contributed by atoms with Gasteiger partial charge in [0.25, 0.3) is 5.91 Å². The zero-order valence-electron chi connectivity index (χ0n) is 16.5. The van der Waals surface area contributed by atoms with Crippen LogP contribution in [-0.2, 0) is 4.79 Å². The smallest absolute Gasteiger partial charge is 0.271 e. The summed E-state index contributed by atoms with van der Waals surface area (Å²) < 4.78 is 5.26. The number of likely N-dealkylation sites (tertiary alicyclic amines) is 1. The predicted octanol–water partition coefficient (Wildman–Crippen LogP) is 3.00. The second-order valence-corrected chi connectivity index (χ2v) is 7.47. The van der Waals surface area contributed by atoms with Crippen molar-refractivity contribution < 1.29 is 14.3 Å². The molecule has 0 spiro atoms. The Morgan fingerprint density at radius 2 is 1.79 bits per heavy atom. The van der Waals surface area contributed by atoms with E-state index in [1.807, 2.05) is 12.1 Å². The van der Waals surface area contributed by atoms with Crippen LogP contribution in [-0.4, -0.2) is 48.8 Å². The Balaban J connectivity index is 1.35. The molecule has 0 bridgehead atoms. The lowest BCUT2D eigenvalue weighted by atomic mass is 9.90. The van der Waals surface area contributed by atoms with Gasteiger partial charge >= 0.3 is 0 Å². The molecule has 0 aliphatic carbocycles. The van der Waals surface area contributed by atoms with Crippen LogP contribution >= 0.6 is 0 Å². The molecule has 1 amide bonds. The second kappa shape index (κ2) is 8.47. The molecule has 1 atom stereocenters. The number of ketones is 1. The van der Waals surface area contributed by atoms with E-state index >= 15 is 0 Å². The summed E-state index contributed by atoms with van der Waals surface area (Å²) in [4.78, 5) is 31.4. The highest BCUT2D eigenvalue weighted by Gasteiger charge is 2.33. The minimum atomic E-state index is -0.616. The minimum absolute atomic E-state index is 0.0622. The van der Waals surface area contributed by atoms with Crippen molar-refractivity contribution in [2.45, 2.75) is 31.2 Å². The largest absolute Gasteiger partial charge is 0.496 e. The maximum Gasteiger partial charge on any atom is 0.271 e. The number of nitrogens with one attached hydrogen (secondary N) is 1. The molecule has 2 aromatic carbocycles. The molecule has 1 saturated heterocycles. The molecule has 2 aromatic rings. The van der Waals surface area contributed by atoms with Crippen LogP contribution in [0.4, 0.5) is 0 Å². The molecule has 2 aliphatic heterocycles. The summed E-state index contributed by atoms with van der Waals surface area (Å²) in [6.45, 7) is 1.68. The quantitative estimate of drug-likeness (QED) is 0.794. The number of Topliss-reactive ketones (excluding diaryl/α,β-unsaturated/α-hetero) is 1. The van der Waals surface area contributed by atoms with Crippen LogP contribution in [0.2, 0.25) is 0 Å². The Morgan fingerprint density at radius 3 is 2.52 bits per heavy atom. The average Bonchev–Trinajstić information content (AvgIpc) is 3.14. The Bertz CT molecular complexity index is 918. The molecular formula is C23H25N3O3. The van der Waals surface area contributed by atoms with Gasteiger partial charge in [0.05, 0.1) is 12.7 Å². The number of ether oxygens (including phenoxy) is 1. The SMILES string of the molecule is COc1ccccc1C(=O)CC1NC(N2CCC(c3ccccc3)CC2)=NC1=O. The van der Waals surface area contributed by atoms with Crippen LogP contribution in [0.15, 0.2) is 59.6 Å². The van der Waals surface area contributed by atoms with E-state index in [4.69, 9.17) is 4.74 Å². The van der Waals surface area contributed by atoms with Crippen molar-refractivity contribution in [2.24, 2.45) is 4.99 Å². The number of hydrogen-bond donors (Lipinski definition) is 1. The number of para-hydroxylation sites is 1. The van der Waals surface area contributed by atoms with Crippen LogP contribution in [0.5, 0.6) is 5.75 Å². The third-order valence-electron chi connectivity index (χ3n) is 5.68. The van der Waals surface area contributed by atoms with Crippen LogP contribution in [0.1, 0.15) is 41.1 Å². The van der Waals surface area contributed by atoms with Crippen LogP contribution in [0, 0.1) is 0 Å². The summed E-state index contributed by atoms with van der Waals surface area (Å²) in [5.74, 6) is 1.24. The van der Waals surface area contributed by atoms with Crippen molar-refractivity contribution in [1.29, 1.82) is 0 Å². The Morgan fingerprint density at radius 1 is 1.10 bits per heavy atom. The molecule has 150 valence electrons. The van der Waals surface area contributed by atoms with Gasteiger partial charge in [0, 0.05) is 19.5 Å². The van der Waals surface area contributed by atoms with Crippen molar-refractivity contribution in [3.05, 3.63) is 65.7 Å². The van der Waals surface area contributed by atoms with Gasteiger partial charge < -0.3 is 15.0 Å². The number of benzene rings is 2. The molecule has 0 radical (unpaired) electrons. The number of carbonyl (C=O) groups excluding carboxylic acids is 2. The standard InChI is InChI=1S/C23H25N3O3/c1-29-21-10-6-5-9-18(21)20(27)15-19-22(28)25-23(24-19)26-13-11-17(12-14-26)16-7-3-2-4-8-16/h2-10,17,19H,11-15H2,1H3,(H,24,25,28). The van der Waals surface area contributed by atoms with Gasteiger partial charge in [-0.1, -0.05) is 42.5 Å². The van der Waals surface area contributed by atoms with E-state index in [0.29, 0.717) is 23.2 Å². The van der Waals surface area contributed by atoms with E-state index in [1.54, 1.807) is 18.2 Å². The first-order valence-electron chi connectivity index (χ1n) is 10.0. The topological polar surface area (TPSA) is 71.0 Å². The zero-order chi connectivity index (χ0) is 20.2. The van der Waals surface area contributed by atoms with E-state index in [-0.39, 0.29) is 18.1 Å². The second-order valence-electron chi connectivity index (χ2n) is 7.47. The maximum atomic E-state index is 12.7. The number of amides is 1.